The van der Waals surface area contributed by atoms with E-state index in [1.54, 1.807) is 10.6 Å². The molecule has 2 heterocycles. The third-order valence-electron chi connectivity index (χ3n) is 2.28. The highest BCUT2D eigenvalue weighted by molar-refractivity contribution is 5.66. The van der Waals surface area contributed by atoms with Crippen molar-refractivity contribution in [3.05, 3.63) is 18.6 Å². The number of alkyl halides is 3. The summed E-state index contributed by atoms with van der Waals surface area (Å²) in [6.45, 7) is -1.11. The van der Waals surface area contributed by atoms with Crippen LogP contribution in [0.5, 0.6) is 0 Å². The molecule has 0 fully saturated rings. The van der Waals surface area contributed by atoms with Crippen molar-refractivity contribution in [1.82, 2.24) is 14.4 Å². The fourth-order valence-corrected chi connectivity index (χ4v) is 1.58. The van der Waals surface area contributed by atoms with Gasteiger partial charge in [-0.2, -0.15) is 13.2 Å². The van der Waals surface area contributed by atoms with Crippen LogP contribution in [0.3, 0.4) is 0 Å². The van der Waals surface area contributed by atoms with Crippen LogP contribution in [0.4, 0.5) is 24.8 Å². The number of hydrogen-bond acceptors (Lipinski definition) is 5. The number of hydrazine groups is 1. The van der Waals surface area contributed by atoms with Crippen molar-refractivity contribution >= 4 is 17.3 Å². The molecule has 0 saturated carbocycles. The number of nitrogens with zero attached hydrogens (tertiary/aromatic N) is 4. The van der Waals surface area contributed by atoms with E-state index in [1.165, 1.54) is 19.4 Å². The number of anilines is 2. The molecule has 2 aromatic rings. The van der Waals surface area contributed by atoms with Gasteiger partial charge in [-0.3, -0.25) is 0 Å². The molecule has 0 bridgehead atoms. The normalized spacial score (nSPS) is 11.8. The van der Waals surface area contributed by atoms with Gasteiger partial charge in [0.1, 0.15) is 6.54 Å². The lowest BCUT2D eigenvalue weighted by Gasteiger charge is -2.20. The van der Waals surface area contributed by atoms with Crippen LogP contribution in [-0.4, -0.2) is 34.1 Å². The monoisotopic (exact) mass is 260 g/mol. The second-order valence-corrected chi connectivity index (χ2v) is 3.72. The molecule has 0 aliphatic heterocycles. The summed E-state index contributed by atoms with van der Waals surface area (Å²) in [5.41, 5.74) is 2.63. The fourth-order valence-electron chi connectivity index (χ4n) is 1.58. The highest BCUT2D eigenvalue weighted by atomic mass is 19.4. The van der Waals surface area contributed by atoms with Gasteiger partial charge >= 0.3 is 6.18 Å². The summed E-state index contributed by atoms with van der Waals surface area (Å²) in [6.07, 6.45) is 0.296. The maximum Gasteiger partial charge on any atom is 0.405 e. The molecule has 0 amide bonds. The summed E-state index contributed by atoms with van der Waals surface area (Å²) in [4.78, 5) is 8.93. The van der Waals surface area contributed by atoms with E-state index in [-0.39, 0.29) is 11.6 Å². The topological polar surface area (TPSA) is 71.5 Å². The molecular weight excluding hydrogens is 249 g/mol. The van der Waals surface area contributed by atoms with Crippen molar-refractivity contribution in [2.75, 3.05) is 23.9 Å². The lowest BCUT2D eigenvalue weighted by Crippen LogP contribution is -2.32. The maximum atomic E-state index is 12.4. The van der Waals surface area contributed by atoms with E-state index >= 15 is 0 Å². The van der Waals surface area contributed by atoms with Gasteiger partial charge in [0.25, 0.3) is 0 Å². The quantitative estimate of drug-likeness (QED) is 0.636. The van der Waals surface area contributed by atoms with Crippen LogP contribution in [0.2, 0.25) is 0 Å². The van der Waals surface area contributed by atoms with Crippen LogP contribution in [0.25, 0.3) is 5.65 Å². The third kappa shape index (κ3) is 2.45. The molecule has 0 aliphatic carbocycles. The molecule has 9 heteroatoms. The predicted octanol–water partition coefficient (Wildman–Crippen LogP) is 1.01. The van der Waals surface area contributed by atoms with E-state index in [0.29, 0.717) is 5.65 Å². The first-order chi connectivity index (χ1) is 8.40. The number of rotatable bonds is 3. The molecule has 0 spiro atoms. The minimum absolute atomic E-state index is 0.104. The smallest absolute Gasteiger partial charge is 0.347 e. The van der Waals surface area contributed by atoms with Crippen LogP contribution in [0.1, 0.15) is 0 Å². The molecule has 98 valence electrons. The Kier molecular flexibility index (Phi) is 2.99. The number of fused-ring (bicyclic) bond motifs is 1. The van der Waals surface area contributed by atoms with Gasteiger partial charge in [0.05, 0.1) is 6.20 Å². The van der Waals surface area contributed by atoms with Gasteiger partial charge in [-0.25, -0.2) is 15.8 Å². The van der Waals surface area contributed by atoms with Crippen molar-refractivity contribution in [3.63, 3.8) is 0 Å². The van der Waals surface area contributed by atoms with E-state index in [9.17, 15) is 13.2 Å². The largest absolute Gasteiger partial charge is 0.405 e. The lowest BCUT2D eigenvalue weighted by molar-refractivity contribution is -0.119. The Morgan fingerprint density at radius 1 is 1.50 bits per heavy atom. The van der Waals surface area contributed by atoms with Gasteiger partial charge in [-0.15, -0.1) is 0 Å². The van der Waals surface area contributed by atoms with E-state index in [2.05, 4.69) is 15.4 Å². The van der Waals surface area contributed by atoms with Crippen LogP contribution in [-0.2, 0) is 0 Å². The molecule has 6 nitrogen and oxygen atoms in total. The zero-order valence-corrected chi connectivity index (χ0v) is 9.44. The molecule has 0 aliphatic rings. The summed E-state index contributed by atoms with van der Waals surface area (Å²) >= 11 is 0. The van der Waals surface area contributed by atoms with E-state index in [0.717, 1.165) is 4.90 Å². The van der Waals surface area contributed by atoms with Crippen molar-refractivity contribution < 1.29 is 13.2 Å². The average Bonchev–Trinajstić information content (AvgIpc) is 2.72. The fraction of sp³-hybridized carbons (Fsp3) is 0.333. The highest BCUT2D eigenvalue weighted by Gasteiger charge is 2.30. The van der Waals surface area contributed by atoms with Crippen molar-refractivity contribution in [2.45, 2.75) is 6.18 Å². The predicted molar refractivity (Wildman–Crippen MR) is 60.1 cm³/mol. The zero-order valence-electron chi connectivity index (χ0n) is 9.44. The third-order valence-corrected chi connectivity index (χ3v) is 2.28. The number of nitrogens with two attached hydrogens (primary N) is 1. The van der Waals surface area contributed by atoms with E-state index in [4.69, 9.17) is 5.84 Å². The Balaban J connectivity index is 2.45. The van der Waals surface area contributed by atoms with Gasteiger partial charge in [0, 0.05) is 19.4 Å². The van der Waals surface area contributed by atoms with Crippen LogP contribution >= 0.6 is 0 Å². The van der Waals surface area contributed by atoms with Crippen molar-refractivity contribution in [1.29, 1.82) is 0 Å². The molecule has 3 N–H and O–H groups in total. The number of nitrogen functional groups attached to an aromatic ring is 1. The average molecular weight is 260 g/mol. The first kappa shape index (κ1) is 12.4. The Hall–Kier alpha value is -2.03. The standard InChI is InChI=1S/C9H11F3N6/c1-17(5-9(10,11)12)8-7-14-2-3-18(7)4-6(15-8)16-13/h2-4,16H,5,13H2,1H3. The summed E-state index contributed by atoms with van der Waals surface area (Å²) in [6, 6.07) is 0. The maximum absolute atomic E-state index is 12.4. The minimum Gasteiger partial charge on any atom is -0.347 e. The van der Waals surface area contributed by atoms with Gasteiger partial charge in [0.15, 0.2) is 17.3 Å². The summed E-state index contributed by atoms with van der Waals surface area (Å²) < 4.78 is 38.6. The van der Waals surface area contributed by atoms with Crippen molar-refractivity contribution in [2.24, 2.45) is 5.84 Å². The second-order valence-electron chi connectivity index (χ2n) is 3.72. The molecule has 0 radical (unpaired) electrons. The van der Waals surface area contributed by atoms with Crippen LogP contribution in [0.15, 0.2) is 18.6 Å². The molecule has 0 atom stereocenters. The first-order valence-corrected chi connectivity index (χ1v) is 4.99. The Morgan fingerprint density at radius 2 is 2.22 bits per heavy atom. The SMILES string of the molecule is CN(CC(F)(F)F)c1nc(NN)cn2ccnc12. The van der Waals surface area contributed by atoms with Gasteiger partial charge in [0.2, 0.25) is 0 Å². The summed E-state index contributed by atoms with van der Waals surface area (Å²) in [5, 5.41) is 0. The minimum atomic E-state index is -4.31. The lowest BCUT2D eigenvalue weighted by atomic mass is 10.5. The van der Waals surface area contributed by atoms with Gasteiger partial charge < -0.3 is 14.7 Å². The second kappa shape index (κ2) is 4.33. The van der Waals surface area contributed by atoms with E-state index in [1.807, 2.05) is 0 Å². The highest BCUT2D eigenvalue weighted by Crippen LogP contribution is 2.23. The van der Waals surface area contributed by atoms with Gasteiger partial charge in [-0.05, 0) is 0 Å². The molecule has 18 heavy (non-hydrogen) atoms. The summed E-state index contributed by atoms with van der Waals surface area (Å²) in [5.74, 6) is 5.58. The number of hydrogen-bond donors (Lipinski definition) is 2. The molecule has 0 saturated heterocycles. The molecule has 0 aromatic carbocycles. The zero-order chi connectivity index (χ0) is 13.3. The number of nitrogens with one attached hydrogen (secondary N) is 1. The Morgan fingerprint density at radius 3 is 2.83 bits per heavy atom. The molecular formula is C9H11F3N6. The Bertz CT molecular complexity index is 549. The van der Waals surface area contributed by atoms with Gasteiger partial charge in [-0.1, -0.05) is 0 Å². The molecule has 0 unspecified atom stereocenters. The first-order valence-electron chi connectivity index (χ1n) is 4.99. The number of aromatic nitrogens is 3. The number of imidazole rings is 1. The molecule has 2 aromatic heterocycles. The summed E-state index contributed by atoms with van der Waals surface area (Å²) in [7, 11) is 1.30. The molecule has 2 rings (SSSR count). The number of halogens is 3. The Labute approximate surface area is 100 Å². The van der Waals surface area contributed by atoms with E-state index < -0.39 is 12.7 Å². The van der Waals surface area contributed by atoms with Crippen molar-refractivity contribution in [3.8, 4) is 0 Å². The van der Waals surface area contributed by atoms with Crippen LogP contribution < -0.4 is 16.2 Å². The van der Waals surface area contributed by atoms with Crippen LogP contribution in [0, 0.1) is 0 Å².